The molecule has 168 valence electrons. The van der Waals surface area contributed by atoms with Crippen molar-refractivity contribution in [1.82, 2.24) is 19.9 Å². The molecule has 1 aliphatic rings. The minimum absolute atomic E-state index is 0.379. The lowest BCUT2D eigenvalue weighted by molar-refractivity contribution is -0.118. The van der Waals surface area contributed by atoms with Gasteiger partial charge in [0.2, 0.25) is 17.7 Å². The van der Waals surface area contributed by atoms with Gasteiger partial charge < -0.3 is 25.8 Å². The van der Waals surface area contributed by atoms with Crippen LogP contribution in [0.3, 0.4) is 0 Å². The first-order chi connectivity index (χ1) is 15.6. The monoisotopic (exact) mass is 437 g/mol. The number of anilines is 3. The summed E-state index contributed by atoms with van der Waals surface area (Å²) in [5, 5.41) is 19.1. The van der Waals surface area contributed by atoms with Crippen LogP contribution in [-0.2, 0) is 4.79 Å². The summed E-state index contributed by atoms with van der Waals surface area (Å²) in [6.07, 6.45) is 9.06. The molecule has 0 aromatic carbocycles. The van der Waals surface area contributed by atoms with E-state index in [4.69, 9.17) is 14.8 Å². The number of carbonyl (C=O) groups excluding carboxylic acids is 1. The van der Waals surface area contributed by atoms with Gasteiger partial charge in [-0.3, -0.25) is 4.79 Å². The van der Waals surface area contributed by atoms with Crippen molar-refractivity contribution in [1.29, 1.82) is 0 Å². The second kappa shape index (κ2) is 10.2. The van der Waals surface area contributed by atoms with E-state index in [1.54, 1.807) is 13.3 Å². The first-order valence-electron chi connectivity index (χ1n) is 10.7. The van der Waals surface area contributed by atoms with Gasteiger partial charge in [-0.25, -0.2) is 19.9 Å². The molecule has 0 radical (unpaired) electrons. The maximum atomic E-state index is 11.2. The molecule has 4 rings (SSSR count). The number of rotatable bonds is 8. The molecule has 0 aliphatic heterocycles. The Labute approximate surface area is 185 Å². The molecule has 4 N–H and O–H groups in total. The molecule has 1 aliphatic carbocycles. The van der Waals surface area contributed by atoms with Gasteiger partial charge in [-0.1, -0.05) is 0 Å². The van der Waals surface area contributed by atoms with Gasteiger partial charge in [-0.05, 0) is 49.8 Å². The van der Waals surface area contributed by atoms with E-state index in [1.165, 1.54) is 12.4 Å². The highest BCUT2D eigenvalue weighted by Gasteiger charge is 2.21. The number of aliphatic hydroxyl groups excluding tert-OH is 1. The van der Waals surface area contributed by atoms with E-state index < -0.39 is 12.5 Å². The molecule has 0 saturated heterocycles. The van der Waals surface area contributed by atoms with E-state index in [0.717, 1.165) is 48.9 Å². The third-order valence-corrected chi connectivity index (χ3v) is 5.60. The predicted molar refractivity (Wildman–Crippen MR) is 122 cm³/mol. The van der Waals surface area contributed by atoms with Crippen molar-refractivity contribution in [2.24, 2.45) is 5.92 Å². The third-order valence-electron chi connectivity index (χ3n) is 5.60. The summed E-state index contributed by atoms with van der Waals surface area (Å²) in [5.41, 5.74) is 1.22. The van der Waals surface area contributed by atoms with Gasteiger partial charge in [-0.15, -0.1) is 0 Å². The molecule has 0 unspecified atom stereocenters. The van der Waals surface area contributed by atoms with Crippen molar-refractivity contribution in [2.75, 3.05) is 36.2 Å². The summed E-state index contributed by atoms with van der Waals surface area (Å²) in [7, 11) is 1.60. The highest BCUT2D eigenvalue weighted by atomic mass is 16.5. The maximum Gasteiger partial charge on any atom is 0.250 e. The van der Waals surface area contributed by atoms with Crippen molar-refractivity contribution in [3.63, 3.8) is 0 Å². The van der Waals surface area contributed by atoms with E-state index in [0.29, 0.717) is 29.5 Å². The molecule has 3 aromatic rings. The molecule has 10 heteroatoms. The van der Waals surface area contributed by atoms with Crippen LogP contribution in [-0.4, -0.2) is 57.3 Å². The van der Waals surface area contributed by atoms with Crippen LogP contribution in [0, 0.1) is 5.92 Å². The Morgan fingerprint density at radius 3 is 2.62 bits per heavy atom. The Morgan fingerprint density at radius 1 is 1.12 bits per heavy atom. The second-order valence-corrected chi connectivity index (χ2v) is 7.83. The Hall–Kier alpha value is -3.53. The lowest BCUT2D eigenvalue weighted by Gasteiger charge is -2.29. The van der Waals surface area contributed by atoms with Crippen LogP contribution in [0.25, 0.3) is 10.9 Å². The molecule has 0 spiro atoms. The lowest BCUT2D eigenvalue weighted by Crippen LogP contribution is -2.29. The number of fused-ring (bicyclic) bond motifs is 1. The number of nitrogens with zero attached hydrogens (tertiary/aromatic N) is 4. The molecular formula is C22H27N7O3. The fraction of sp³-hybridized carbons (Fsp3) is 0.409. The zero-order valence-corrected chi connectivity index (χ0v) is 17.9. The Kier molecular flexibility index (Phi) is 6.90. The summed E-state index contributed by atoms with van der Waals surface area (Å²) >= 11 is 0. The summed E-state index contributed by atoms with van der Waals surface area (Å²) in [4.78, 5) is 28.5. The fourth-order valence-electron chi connectivity index (χ4n) is 3.89. The number of aromatic nitrogens is 4. The van der Waals surface area contributed by atoms with E-state index in [1.807, 2.05) is 18.2 Å². The Bertz CT molecular complexity index is 1050. The molecule has 32 heavy (non-hydrogen) atoms. The number of carbonyl (C=O) groups is 1. The van der Waals surface area contributed by atoms with Gasteiger partial charge in [0.25, 0.3) is 0 Å². The number of pyridine rings is 2. The number of hydrogen-bond acceptors (Lipinski definition) is 9. The van der Waals surface area contributed by atoms with Gasteiger partial charge in [0.1, 0.15) is 17.9 Å². The molecule has 1 fully saturated rings. The van der Waals surface area contributed by atoms with Crippen LogP contribution in [0.4, 0.5) is 17.5 Å². The largest absolute Gasteiger partial charge is 0.479 e. The summed E-state index contributed by atoms with van der Waals surface area (Å²) in [6, 6.07) is 6.34. The highest BCUT2D eigenvalue weighted by molar-refractivity contribution is 5.91. The van der Waals surface area contributed by atoms with Crippen LogP contribution in [0.15, 0.2) is 36.8 Å². The molecule has 0 bridgehead atoms. The van der Waals surface area contributed by atoms with Crippen LogP contribution >= 0.6 is 0 Å². The van der Waals surface area contributed by atoms with Crippen LogP contribution in [0.2, 0.25) is 0 Å². The smallest absolute Gasteiger partial charge is 0.250 e. The topological polar surface area (TPSA) is 134 Å². The normalized spacial score (nSPS) is 18.2. The fourth-order valence-corrected chi connectivity index (χ4v) is 3.89. The Balaban J connectivity index is 1.25. The zero-order chi connectivity index (χ0) is 22.3. The zero-order valence-electron chi connectivity index (χ0n) is 17.9. The number of aliphatic hydroxyl groups is 1. The first-order valence-corrected chi connectivity index (χ1v) is 10.7. The summed E-state index contributed by atoms with van der Waals surface area (Å²) < 4.78 is 5.33. The first kappa shape index (κ1) is 21.7. The summed E-state index contributed by atoms with van der Waals surface area (Å²) in [6.45, 7) is 0.228. The lowest BCUT2D eigenvalue weighted by atomic mass is 9.86. The van der Waals surface area contributed by atoms with E-state index >= 15 is 0 Å². The van der Waals surface area contributed by atoms with Gasteiger partial charge in [0, 0.05) is 24.2 Å². The standard InChI is InChI=1S/C22H27N7O3/c1-32-21-20-15(8-9-23-21)4-7-18(29-20)27-16-5-2-14(3-6-16)10-24-22-25-11-17(12-26-22)28-19(31)13-30/h4,7-9,11-12,14,16,30H,2-3,5-6,10,13H2,1H3,(H,27,29)(H,28,31)(H,24,25,26)/t14-,16-. The van der Waals surface area contributed by atoms with Crippen LogP contribution in [0.1, 0.15) is 25.7 Å². The maximum absolute atomic E-state index is 11.2. The van der Waals surface area contributed by atoms with Crippen molar-refractivity contribution < 1.29 is 14.6 Å². The highest BCUT2D eigenvalue weighted by Crippen LogP contribution is 2.28. The number of methoxy groups -OCH3 is 1. The van der Waals surface area contributed by atoms with Gasteiger partial charge in [0.15, 0.2) is 0 Å². The number of nitrogens with one attached hydrogen (secondary N) is 3. The molecule has 10 nitrogen and oxygen atoms in total. The van der Waals surface area contributed by atoms with Crippen molar-refractivity contribution in [3.8, 4) is 5.88 Å². The van der Waals surface area contributed by atoms with Crippen molar-refractivity contribution in [2.45, 2.75) is 31.7 Å². The van der Waals surface area contributed by atoms with Crippen molar-refractivity contribution >= 4 is 34.3 Å². The van der Waals surface area contributed by atoms with Gasteiger partial charge in [0.05, 0.1) is 25.2 Å². The Morgan fingerprint density at radius 2 is 1.91 bits per heavy atom. The molecule has 0 atom stereocenters. The molecule has 3 aromatic heterocycles. The van der Waals surface area contributed by atoms with Crippen LogP contribution < -0.4 is 20.7 Å². The quantitative estimate of drug-likeness (QED) is 0.419. The molecule has 1 saturated carbocycles. The van der Waals surface area contributed by atoms with Gasteiger partial charge in [-0.2, -0.15) is 0 Å². The number of hydrogen-bond donors (Lipinski definition) is 4. The minimum atomic E-state index is -0.570. The summed E-state index contributed by atoms with van der Waals surface area (Å²) in [5.74, 6) is 1.95. The van der Waals surface area contributed by atoms with E-state index in [-0.39, 0.29) is 0 Å². The molecule has 3 heterocycles. The number of ether oxygens (including phenoxy) is 1. The predicted octanol–water partition coefficient (Wildman–Crippen LogP) is 2.44. The third kappa shape index (κ3) is 5.38. The average Bonchev–Trinajstić information content (AvgIpc) is 2.84. The van der Waals surface area contributed by atoms with Crippen molar-refractivity contribution in [3.05, 3.63) is 36.8 Å². The number of amides is 1. The SMILES string of the molecule is COc1nccc2ccc(N[C@H]3CC[C@H](CNc4ncc(NC(=O)CO)cn4)CC3)nc12. The van der Waals surface area contributed by atoms with Crippen LogP contribution in [0.5, 0.6) is 5.88 Å². The van der Waals surface area contributed by atoms with Gasteiger partial charge >= 0.3 is 0 Å². The molecular weight excluding hydrogens is 410 g/mol. The average molecular weight is 438 g/mol. The second-order valence-electron chi connectivity index (χ2n) is 7.83. The molecule has 1 amide bonds. The minimum Gasteiger partial charge on any atom is -0.479 e. The van der Waals surface area contributed by atoms with E-state index in [9.17, 15) is 4.79 Å². The van der Waals surface area contributed by atoms with E-state index in [2.05, 4.69) is 30.9 Å².